The van der Waals surface area contributed by atoms with Gasteiger partial charge in [0.15, 0.2) is 0 Å². The van der Waals surface area contributed by atoms with Gasteiger partial charge in [-0.2, -0.15) is 8.42 Å². The van der Waals surface area contributed by atoms with Crippen molar-refractivity contribution in [3.8, 4) is 0 Å². The lowest BCUT2D eigenvalue weighted by Gasteiger charge is -2.19. The van der Waals surface area contributed by atoms with Crippen LogP contribution in [0.2, 0.25) is 0 Å². The largest absolute Gasteiger partial charge is 0.397 e. The lowest BCUT2D eigenvalue weighted by molar-refractivity contribution is -0.117. The van der Waals surface area contributed by atoms with E-state index < -0.39 is 21.4 Å². The fourth-order valence-electron chi connectivity index (χ4n) is 2.58. The Balaban J connectivity index is 2.04. The molecule has 1 aliphatic heterocycles. The summed E-state index contributed by atoms with van der Waals surface area (Å²) in [7, 11) is -4.74. The van der Waals surface area contributed by atoms with E-state index in [-0.39, 0.29) is 13.0 Å². The van der Waals surface area contributed by atoms with Gasteiger partial charge >= 0.3 is 10.2 Å². The molecule has 0 bridgehead atoms. The molecule has 0 aromatic heterocycles. The van der Waals surface area contributed by atoms with E-state index in [4.69, 9.17) is 5.73 Å². The summed E-state index contributed by atoms with van der Waals surface area (Å²) < 4.78 is 35.0. The Morgan fingerprint density at radius 2 is 1.81 bits per heavy atom. The number of hydrogen-bond donors (Lipinski definition) is 1. The van der Waals surface area contributed by atoms with Crippen LogP contribution in [-0.4, -0.2) is 26.1 Å². The van der Waals surface area contributed by atoms with Crippen LogP contribution in [0.1, 0.15) is 6.42 Å². The quantitative estimate of drug-likeness (QED) is 0.678. The Kier molecular flexibility index (Phi) is 3.09. The second kappa shape index (κ2) is 4.70. The molecule has 2 aromatic carbocycles. The summed E-state index contributed by atoms with van der Waals surface area (Å²) in [4.78, 5) is 13.2. The van der Waals surface area contributed by atoms with Crippen LogP contribution >= 0.6 is 0 Å². The van der Waals surface area contributed by atoms with Crippen LogP contribution < -0.4 is 10.6 Å². The highest BCUT2D eigenvalue weighted by Gasteiger charge is 2.39. The van der Waals surface area contributed by atoms with E-state index in [1.54, 1.807) is 12.1 Å². The first kappa shape index (κ1) is 13.8. The van der Waals surface area contributed by atoms with Crippen LogP contribution in [-0.2, 0) is 15.0 Å². The van der Waals surface area contributed by atoms with Crippen molar-refractivity contribution >= 4 is 38.3 Å². The van der Waals surface area contributed by atoms with Gasteiger partial charge in [-0.25, -0.2) is 0 Å². The molecule has 1 aliphatic rings. The topological polar surface area (TPSA) is 80.5 Å². The van der Waals surface area contributed by atoms with Crippen molar-refractivity contribution in [1.29, 1.82) is 0 Å². The van der Waals surface area contributed by atoms with Crippen LogP contribution in [0, 0.1) is 0 Å². The van der Waals surface area contributed by atoms with Gasteiger partial charge in [-0.05, 0) is 22.9 Å². The molecule has 0 spiro atoms. The number of benzene rings is 2. The molecule has 0 saturated carbocycles. The average molecular weight is 308 g/mol. The predicted molar refractivity (Wildman–Crippen MR) is 79.1 cm³/mol. The molecular weight excluding hydrogens is 295 g/mol. The summed E-state index contributed by atoms with van der Waals surface area (Å²) in [6.07, 6.45) is -0.356. The first-order chi connectivity index (χ1) is 9.86. The van der Waals surface area contributed by atoms with Gasteiger partial charge in [0, 0.05) is 13.0 Å². The molecule has 1 unspecified atom stereocenters. The zero-order valence-electron chi connectivity index (χ0n) is 11.0. The molecule has 3 rings (SSSR count). The smallest absolute Gasteiger partial charge is 0.307 e. The number of rotatable bonds is 2. The zero-order valence-corrected chi connectivity index (χ0v) is 11.8. The van der Waals surface area contributed by atoms with Gasteiger partial charge in [0.2, 0.25) is 5.91 Å². The number of carbonyl (C=O) groups excluding carboxylic acids is 1. The summed E-state index contributed by atoms with van der Waals surface area (Å²) in [6.45, 7) is -0.208. The van der Waals surface area contributed by atoms with Crippen molar-refractivity contribution in [3.63, 3.8) is 0 Å². The van der Waals surface area contributed by atoms with Crippen LogP contribution in [0.4, 0.5) is 15.3 Å². The monoisotopic (exact) mass is 308 g/mol. The lowest BCUT2D eigenvalue weighted by Crippen LogP contribution is -2.27. The number of carbonyl (C=O) groups is 1. The molecule has 2 N–H and O–H groups in total. The highest BCUT2D eigenvalue weighted by atomic mass is 32.3. The van der Waals surface area contributed by atoms with E-state index in [9.17, 15) is 17.1 Å². The van der Waals surface area contributed by atoms with Gasteiger partial charge < -0.3 is 10.6 Å². The van der Waals surface area contributed by atoms with Gasteiger partial charge in [0.25, 0.3) is 0 Å². The van der Waals surface area contributed by atoms with Gasteiger partial charge in [-0.1, -0.05) is 24.3 Å². The van der Waals surface area contributed by atoms with E-state index in [0.717, 1.165) is 10.8 Å². The summed E-state index contributed by atoms with van der Waals surface area (Å²) in [5, 5.41) is 0.469. The van der Waals surface area contributed by atoms with E-state index in [1.165, 1.54) is 4.90 Å². The van der Waals surface area contributed by atoms with E-state index in [2.05, 4.69) is 0 Å². The number of fused-ring (bicyclic) bond motifs is 1. The van der Waals surface area contributed by atoms with Gasteiger partial charge in [-0.3, -0.25) is 4.79 Å². The van der Waals surface area contributed by atoms with Crippen molar-refractivity contribution in [2.75, 3.05) is 17.2 Å². The summed E-state index contributed by atoms with van der Waals surface area (Å²) in [5.41, 5.74) is 6.73. The number of nitrogens with two attached hydrogens (primary N) is 1. The third kappa shape index (κ3) is 2.44. The number of anilines is 2. The molecule has 0 aliphatic carbocycles. The molecular formula is C14H13FN2O3S. The van der Waals surface area contributed by atoms with Crippen LogP contribution in [0.3, 0.4) is 0 Å². The van der Waals surface area contributed by atoms with Crippen molar-refractivity contribution < 1.29 is 17.1 Å². The fourth-order valence-corrected chi connectivity index (χ4v) is 3.24. The maximum absolute atomic E-state index is 13.1. The zero-order chi connectivity index (χ0) is 15.2. The molecule has 7 heteroatoms. The minimum absolute atomic E-state index is 0.208. The molecule has 1 saturated heterocycles. The third-order valence-corrected chi connectivity index (χ3v) is 4.79. The molecule has 1 fully saturated rings. The minimum atomic E-state index is -4.74. The fraction of sp³-hybridized carbons (Fsp3) is 0.214. The van der Waals surface area contributed by atoms with Crippen LogP contribution in [0.25, 0.3) is 10.8 Å². The maximum Gasteiger partial charge on any atom is 0.307 e. The molecule has 0 radical (unpaired) electrons. The second-order valence-corrected chi connectivity index (χ2v) is 6.68. The number of hydrogen-bond acceptors (Lipinski definition) is 4. The minimum Gasteiger partial charge on any atom is -0.397 e. The first-order valence-corrected chi connectivity index (χ1v) is 7.83. The summed E-state index contributed by atoms with van der Waals surface area (Å²) in [5.74, 6) is -0.441. The molecule has 21 heavy (non-hydrogen) atoms. The van der Waals surface area contributed by atoms with Gasteiger partial charge in [0.1, 0.15) is 5.25 Å². The van der Waals surface area contributed by atoms with E-state index in [0.29, 0.717) is 11.4 Å². The first-order valence-electron chi connectivity index (χ1n) is 6.38. The lowest BCUT2D eigenvalue weighted by atomic mass is 10.1. The normalized spacial score (nSPS) is 19.4. The van der Waals surface area contributed by atoms with Crippen LogP contribution in [0.5, 0.6) is 0 Å². The molecule has 1 heterocycles. The Hall–Kier alpha value is -2.15. The number of nitrogen functional groups attached to an aromatic ring is 1. The number of nitrogens with zero attached hydrogens (tertiary/aromatic N) is 1. The second-order valence-electron chi connectivity index (χ2n) is 5.06. The molecule has 110 valence electrons. The average Bonchev–Trinajstić information content (AvgIpc) is 2.80. The van der Waals surface area contributed by atoms with Gasteiger partial charge in [-0.15, -0.1) is 3.89 Å². The molecule has 5 nitrogen and oxygen atoms in total. The Morgan fingerprint density at radius 3 is 2.38 bits per heavy atom. The van der Waals surface area contributed by atoms with Crippen LogP contribution in [0.15, 0.2) is 36.4 Å². The number of amides is 1. The molecule has 1 amide bonds. The van der Waals surface area contributed by atoms with Crippen molar-refractivity contribution in [1.82, 2.24) is 0 Å². The van der Waals surface area contributed by atoms with Gasteiger partial charge in [0.05, 0.1) is 11.4 Å². The van der Waals surface area contributed by atoms with Crippen molar-refractivity contribution in [3.05, 3.63) is 36.4 Å². The Bertz CT molecular complexity index is 835. The number of halogens is 1. The Labute approximate surface area is 121 Å². The summed E-state index contributed by atoms with van der Waals surface area (Å²) >= 11 is 0. The summed E-state index contributed by atoms with van der Waals surface area (Å²) in [6, 6.07) is 10.9. The third-order valence-electron chi connectivity index (χ3n) is 3.67. The van der Waals surface area contributed by atoms with Crippen molar-refractivity contribution in [2.24, 2.45) is 0 Å². The molecule has 1 atom stereocenters. The maximum atomic E-state index is 13.1. The van der Waals surface area contributed by atoms with E-state index >= 15 is 0 Å². The Morgan fingerprint density at radius 1 is 1.19 bits per heavy atom. The predicted octanol–water partition coefficient (Wildman–Crippen LogP) is 1.83. The highest BCUT2D eigenvalue weighted by Crippen LogP contribution is 2.33. The van der Waals surface area contributed by atoms with Crippen molar-refractivity contribution in [2.45, 2.75) is 11.7 Å². The highest BCUT2D eigenvalue weighted by molar-refractivity contribution is 7.87. The molecule has 2 aromatic rings. The SMILES string of the molecule is Nc1cc2ccccc2cc1N1CC(S(=O)(=O)F)CC1=O. The standard InChI is InChI=1S/C14H13FN2O3S/c15-21(19,20)11-7-14(18)17(8-11)13-6-10-4-2-1-3-9(10)5-12(13)16/h1-6,11H,7-8,16H2. The van der Waals surface area contributed by atoms with E-state index in [1.807, 2.05) is 24.3 Å².